The number of nitrogens with two attached hydrogens (primary N) is 1. The maximum absolute atomic E-state index is 13.5. The van der Waals surface area contributed by atoms with Gasteiger partial charge in [0.15, 0.2) is 0 Å². The van der Waals surface area contributed by atoms with Crippen LogP contribution in [0.25, 0.3) is 0 Å². The Morgan fingerprint density at radius 3 is 2.55 bits per heavy atom. The van der Waals surface area contributed by atoms with Gasteiger partial charge in [0.25, 0.3) is 5.91 Å². The molecular weight excluding hydrogens is 330 g/mol. The number of benzene rings is 2. The van der Waals surface area contributed by atoms with Crippen LogP contribution >= 0.6 is 15.9 Å². The fourth-order valence-electron chi connectivity index (χ4n) is 1.66. The van der Waals surface area contributed by atoms with Crippen molar-refractivity contribution in [1.82, 2.24) is 0 Å². The molecule has 0 aliphatic heterocycles. The Hall–Kier alpha value is -1.95. The summed E-state index contributed by atoms with van der Waals surface area (Å²) in [4.78, 5) is 12.0. The summed E-state index contributed by atoms with van der Waals surface area (Å²) in [7, 11) is 0. The Bertz CT molecular complexity index is 689. The van der Waals surface area contributed by atoms with Crippen LogP contribution in [0, 0.1) is 18.6 Å². The van der Waals surface area contributed by atoms with Crippen LogP contribution < -0.4 is 11.1 Å². The standard InChI is InChI=1S/C14H11BrF2N2O/c1-7-4-9(15)11(17)6-13(7)19-14(20)8-2-3-10(16)12(18)5-8/h2-6H,18H2,1H3,(H,19,20). The van der Waals surface area contributed by atoms with Gasteiger partial charge in [-0.05, 0) is 58.7 Å². The van der Waals surface area contributed by atoms with Crippen molar-refractivity contribution < 1.29 is 13.6 Å². The highest BCUT2D eigenvalue weighted by atomic mass is 79.9. The molecule has 0 aromatic heterocycles. The van der Waals surface area contributed by atoms with Crippen molar-refractivity contribution in [1.29, 1.82) is 0 Å². The van der Waals surface area contributed by atoms with Gasteiger partial charge in [0.1, 0.15) is 11.6 Å². The van der Waals surface area contributed by atoms with Crippen molar-refractivity contribution in [3.8, 4) is 0 Å². The van der Waals surface area contributed by atoms with Crippen LogP contribution in [-0.2, 0) is 0 Å². The number of hydrogen-bond donors (Lipinski definition) is 2. The van der Waals surface area contributed by atoms with E-state index in [1.165, 1.54) is 18.2 Å². The molecule has 0 saturated carbocycles. The van der Waals surface area contributed by atoms with Gasteiger partial charge in [-0.3, -0.25) is 4.79 Å². The lowest BCUT2D eigenvalue weighted by atomic mass is 10.1. The molecular formula is C14H11BrF2N2O. The summed E-state index contributed by atoms with van der Waals surface area (Å²) < 4.78 is 26.8. The molecule has 104 valence electrons. The number of anilines is 2. The van der Waals surface area contributed by atoms with Crippen molar-refractivity contribution in [3.63, 3.8) is 0 Å². The summed E-state index contributed by atoms with van der Waals surface area (Å²) >= 11 is 3.06. The molecule has 0 radical (unpaired) electrons. The SMILES string of the molecule is Cc1cc(Br)c(F)cc1NC(=O)c1ccc(F)c(N)c1. The molecule has 2 aromatic carbocycles. The third-order valence-corrected chi connectivity index (χ3v) is 3.38. The smallest absolute Gasteiger partial charge is 0.255 e. The Labute approximate surface area is 122 Å². The highest BCUT2D eigenvalue weighted by Gasteiger charge is 2.11. The number of nitrogens with one attached hydrogen (secondary N) is 1. The number of aryl methyl sites for hydroxylation is 1. The third kappa shape index (κ3) is 2.96. The van der Waals surface area contributed by atoms with Gasteiger partial charge in [-0.2, -0.15) is 0 Å². The zero-order valence-corrected chi connectivity index (χ0v) is 12.1. The van der Waals surface area contributed by atoms with Crippen LogP contribution in [-0.4, -0.2) is 5.91 Å². The van der Waals surface area contributed by atoms with Crippen molar-refractivity contribution in [3.05, 3.63) is 57.6 Å². The quantitative estimate of drug-likeness (QED) is 0.815. The molecule has 0 fully saturated rings. The lowest BCUT2D eigenvalue weighted by Crippen LogP contribution is -2.13. The maximum Gasteiger partial charge on any atom is 0.255 e. The summed E-state index contributed by atoms with van der Waals surface area (Å²) in [5.41, 5.74) is 6.53. The van der Waals surface area contributed by atoms with Crippen LogP contribution in [0.2, 0.25) is 0 Å². The van der Waals surface area contributed by atoms with Crippen molar-refractivity contribution >= 4 is 33.2 Å². The summed E-state index contributed by atoms with van der Waals surface area (Å²) in [6, 6.07) is 6.42. The zero-order valence-electron chi connectivity index (χ0n) is 10.5. The Morgan fingerprint density at radius 2 is 1.90 bits per heavy atom. The van der Waals surface area contributed by atoms with Crippen LogP contribution in [0.15, 0.2) is 34.8 Å². The predicted molar refractivity (Wildman–Crippen MR) is 77.6 cm³/mol. The molecule has 0 aliphatic carbocycles. The van der Waals surface area contributed by atoms with Crippen molar-refractivity contribution in [2.75, 3.05) is 11.1 Å². The van der Waals surface area contributed by atoms with Gasteiger partial charge >= 0.3 is 0 Å². The molecule has 0 atom stereocenters. The molecule has 0 bridgehead atoms. The van der Waals surface area contributed by atoms with E-state index in [-0.39, 0.29) is 11.3 Å². The van der Waals surface area contributed by atoms with Gasteiger partial charge in [0.2, 0.25) is 0 Å². The monoisotopic (exact) mass is 340 g/mol. The van der Waals surface area contributed by atoms with Gasteiger partial charge < -0.3 is 11.1 Å². The van der Waals surface area contributed by atoms with E-state index in [0.29, 0.717) is 15.7 Å². The second-order valence-corrected chi connectivity index (χ2v) is 5.13. The minimum Gasteiger partial charge on any atom is -0.396 e. The van der Waals surface area contributed by atoms with E-state index < -0.39 is 17.5 Å². The molecule has 0 heterocycles. The molecule has 1 amide bonds. The van der Waals surface area contributed by atoms with Gasteiger partial charge in [-0.1, -0.05) is 0 Å². The van der Waals surface area contributed by atoms with E-state index in [4.69, 9.17) is 5.73 Å². The number of rotatable bonds is 2. The largest absolute Gasteiger partial charge is 0.396 e. The molecule has 6 heteroatoms. The predicted octanol–water partition coefficient (Wildman–Crippen LogP) is 3.87. The van der Waals surface area contributed by atoms with Crippen molar-refractivity contribution in [2.45, 2.75) is 6.92 Å². The maximum atomic E-state index is 13.5. The van der Waals surface area contributed by atoms with E-state index in [2.05, 4.69) is 21.2 Å². The molecule has 0 aliphatic rings. The number of hydrogen-bond acceptors (Lipinski definition) is 2. The van der Waals surface area contributed by atoms with Gasteiger partial charge in [-0.15, -0.1) is 0 Å². The Kier molecular flexibility index (Phi) is 4.04. The molecule has 0 saturated heterocycles. The molecule has 3 N–H and O–H groups in total. The first-order valence-corrected chi connectivity index (χ1v) is 6.50. The number of nitrogen functional groups attached to an aromatic ring is 1. The second-order valence-electron chi connectivity index (χ2n) is 4.27. The molecule has 2 rings (SSSR count). The average molecular weight is 341 g/mol. The topological polar surface area (TPSA) is 55.1 Å². The van der Waals surface area contributed by atoms with Crippen LogP contribution in [0.1, 0.15) is 15.9 Å². The highest BCUT2D eigenvalue weighted by Crippen LogP contribution is 2.24. The Balaban J connectivity index is 2.27. The lowest BCUT2D eigenvalue weighted by Gasteiger charge is -2.10. The normalized spacial score (nSPS) is 10.4. The third-order valence-electron chi connectivity index (χ3n) is 2.77. The molecule has 2 aromatic rings. The van der Waals surface area contributed by atoms with Gasteiger partial charge in [-0.25, -0.2) is 8.78 Å². The summed E-state index contributed by atoms with van der Waals surface area (Å²) in [5, 5.41) is 2.56. The fourth-order valence-corrected chi connectivity index (χ4v) is 2.12. The summed E-state index contributed by atoms with van der Waals surface area (Å²) in [6.07, 6.45) is 0. The first kappa shape index (κ1) is 14.5. The van der Waals surface area contributed by atoms with Crippen LogP contribution in [0.5, 0.6) is 0 Å². The minimum absolute atomic E-state index is 0.114. The first-order valence-electron chi connectivity index (χ1n) is 5.70. The highest BCUT2D eigenvalue weighted by molar-refractivity contribution is 9.10. The van der Waals surface area contributed by atoms with E-state index in [9.17, 15) is 13.6 Å². The van der Waals surface area contributed by atoms with Gasteiger partial charge in [0, 0.05) is 11.3 Å². The van der Waals surface area contributed by atoms with E-state index >= 15 is 0 Å². The zero-order chi connectivity index (χ0) is 14.9. The van der Waals surface area contributed by atoms with Gasteiger partial charge in [0.05, 0.1) is 10.2 Å². The van der Waals surface area contributed by atoms with Crippen LogP contribution in [0.4, 0.5) is 20.2 Å². The second kappa shape index (κ2) is 5.58. The molecule has 0 spiro atoms. The van der Waals surface area contributed by atoms with E-state index in [1.807, 2.05) is 0 Å². The molecule has 0 unspecified atom stereocenters. The molecule has 3 nitrogen and oxygen atoms in total. The Morgan fingerprint density at radius 1 is 1.20 bits per heavy atom. The number of carbonyl (C=O) groups excluding carboxylic acids is 1. The van der Waals surface area contributed by atoms with Crippen molar-refractivity contribution in [2.24, 2.45) is 0 Å². The average Bonchev–Trinajstić information content (AvgIpc) is 2.39. The number of halogens is 3. The minimum atomic E-state index is -0.590. The first-order chi connectivity index (χ1) is 9.38. The lowest BCUT2D eigenvalue weighted by molar-refractivity contribution is 0.102. The molecule has 20 heavy (non-hydrogen) atoms. The summed E-state index contributed by atoms with van der Waals surface area (Å²) in [5.74, 6) is -1.56. The number of carbonyl (C=O) groups is 1. The summed E-state index contributed by atoms with van der Waals surface area (Å²) in [6.45, 7) is 1.73. The van der Waals surface area contributed by atoms with E-state index in [1.54, 1.807) is 13.0 Å². The van der Waals surface area contributed by atoms with Crippen LogP contribution in [0.3, 0.4) is 0 Å². The fraction of sp³-hybridized carbons (Fsp3) is 0.0714. The van der Waals surface area contributed by atoms with E-state index in [0.717, 1.165) is 6.07 Å². The number of amides is 1.